The van der Waals surface area contributed by atoms with E-state index in [0.717, 1.165) is 5.76 Å². The molecule has 0 aliphatic rings. The summed E-state index contributed by atoms with van der Waals surface area (Å²) in [5.41, 5.74) is 0.547. The van der Waals surface area contributed by atoms with Gasteiger partial charge in [0, 0.05) is 12.8 Å². The zero-order valence-corrected chi connectivity index (χ0v) is 14.2. The van der Waals surface area contributed by atoms with E-state index in [0.29, 0.717) is 17.1 Å². The Balaban J connectivity index is 1.99. The van der Waals surface area contributed by atoms with E-state index in [-0.39, 0.29) is 12.1 Å². The number of nitrogens with one attached hydrogen (secondary N) is 2. The Labute approximate surface area is 138 Å². The third-order valence-corrected chi connectivity index (χ3v) is 4.37. The van der Waals surface area contributed by atoms with Gasteiger partial charge in [-0.1, -0.05) is 12.1 Å². The van der Waals surface area contributed by atoms with Crippen LogP contribution in [0.2, 0.25) is 0 Å². The number of benzene rings is 1. The summed E-state index contributed by atoms with van der Waals surface area (Å²) in [6, 6.07) is 10.3. The van der Waals surface area contributed by atoms with Crippen LogP contribution in [0.4, 0.5) is 10.5 Å². The van der Waals surface area contributed by atoms with Crippen LogP contribution in [0.3, 0.4) is 0 Å². The minimum atomic E-state index is -1.17. The summed E-state index contributed by atoms with van der Waals surface area (Å²) in [6.07, 6.45) is 3.19. The summed E-state index contributed by atoms with van der Waals surface area (Å²) in [5.74, 6) is 0.783. The molecular weight excluding hydrogens is 314 g/mol. The molecule has 1 aromatic heterocycles. The number of nitrogens with zero attached hydrogens (tertiary/aromatic N) is 1. The van der Waals surface area contributed by atoms with E-state index >= 15 is 0 Å². The fraction of sp³-hybridized carbons (Fsp3) is 0.312. The van der Waals surface area contributed by atoms with Gasteiger partial charge in [0.2, 0.25) is 0 Å². The van der Waals surface area contributed by atoms with Crippen LogP contribution in [0.15, 0.2) is 52.0 Å². The molecule has 23 heavy (non-hydrogen) atoms. The number of urea groups is 1. The molecule has 124 valence electrons. The van der Waals surface area contributed by atoms with Gasteiger partial charge in [-0.05, 0) is 38.4 Å². The third-order valence-electron chi connectivity index (χ3n) is 3.40. The Morgan fingerprint density at radius 1 is 1.26 bits per heavy atom. The monoisotopic (exact) mass is 335 g/mol. The minimum Gasteiger partial charge on any atom is -0.468 e. The van der Waals surface area contributed by atoms with Crippen molar-refractivity contribution in [3.8, 4) is 0 Å². The Kier molecular flexibility index (Phi) is 5.95. The van der Waals surface area contributed by atoms with Crippen molar-refractivity contribution >= 4 is 22.5 Å². The van der Waals surface area contributed by atoms with Crippen LogP contribution >= 0.6 is 0 Å². The van der Waals surface area contributed by atoms with Crippen LogP contribution in [0.25, 0.3) is 0 Å². The van der Waals surface area contributed by atoms with E-state index in [1.165, 1.54) is 0 Å². The lowest BCUT2D eigenvalue weighted by molar-refractivity contribution is 0.233. The molecule has 0 fully saturated rings. The number of anilines is 1. The van der Waals surface area contributed by atoms with Crippen LogP contribution in [-0.4, -0.2) is 42.0 Å². The first-order chi connectivity index (χ1) is 11.0. The van der Waals surface area contributed by atoms with Crippen molar-refractivity contribution in [2.45, 2.75) is 10.9 Å². The average Bonchev–Trinajstić information content (AvgIpc) is 3.01. The van der Waals surface area contributed by atoms with Crippen LogP contribution in [-0.2, 0) is 10.8 Å². The lowest BCUT2D eigenvalue weighted by atomic mass is 10.2. The molecule has 6 nitrogen and oxygen atoms in total. The highest BCUT2D eigenvalue weighted by Gasteiger charge is 2.18. The quantitative estimate of drug-likeness (QED) is 0.850. The molecule has 0 aliphatic carbocycles. The van der Waals surface area contributed by atoms with Crippen LogP contribution in [0.5, 0.6) is 0 Å². The molecule has 2 amide bonds. The second-order valence-corrected chi connectivity index (χ2v) is 6.63. The number of carbonyl (C=O) groups excluding carboxylic acids is 1. The normalized spacial score (nSPS) is 13.6. The summed E-state index contributed by atoms with van der Waals surface area (Å²) in [5, 5.41) is 5.56. The molecule has 0 saturated carbocycles. The predicted molar refractivity (Wildman–Crippen MR) is 90.9 cm³/mol. The van der Waals surface area contributed by atoms with Gasteiger partial charge in [0.1, 0.15) is 5.76 Å². The molecule has 2 atom stereocenters. The number of carbonyl (C=O) groups is 1. The van der Waals surface area contributed by atoms with Crippen molar-refractivity contribution in [3.63, 3.8) is 0 Å². The molecule has 0 radical (unpaired) electrons. The minimum absolute atomic E-state index is 0.0636. The summed E-state index contributed by atoms with van der Waals surface area (Å²) in [6.45, 7) is 0.393. The standard InChI is InChI=1S/C16H21N3O3S/c1-19(2)13(14-8-6-10-22-14)11-17-16(20)18-12-7-4-5-9-15(12)23(3)21/h4-10,13H,11H2,1-3H3,(H2,17,18,20)/t13-,23+/m1/s1. The first-order valence-electron chi connectivity index (χ1n) is 7.16. The number of hydrogen-bond donors (Lipinski definition) is 2. The predicted octanol–water partition coefficient (Wildman–Crippen LogP) is 2.44. The summed E-state index contributed by atoms with van der Waals surface area (Å²) in [4.78, 5) is 14.7. The molecule has 1 heterocycles. The largest absolute Gasteiger partial charge is 0.468 e. The van der Waals surface area contributed by atoms with Gasteiger partial charge in [0.05, 0.1) is 33.7 Å². The Hall–Kier alpha value is -2.12. The van der Waals surface area contributed by atoms with E-state index in [4.69, 9.17) is 4.42 Å². The van der Waals surface area contributed by atoms with Gasteiger partial charge < -0.3 is 15.1 Å². The fourth-order valence-electron chi connectivity index (χ4n) is 2.19. The number of likely N-dealkylation sites (N-methyl/N-ethyl adjacent to an activating group) is 1. The average molecular weight is 335 g/mol. The van der Waals surface area contributed by atoms with Crippen molar-refractivity contribution in [1.29, 1.82) is 0 Å². The van der Waals surface area contributed by atoms with Crippen molar-refractivity contribution in [3.05, 3.63) is 48.4 Å². The molecule has 0 saturated heterocycles. The highest BCUT2D eigenvalue weighted by molar-refractivity contribution is 7.84. The number of furan rings is 1. The molecule has 0 spiro atoms. The second kappa shape index (κ2) is 7.94. The molecule has 0 unspecified atom stereocenters. The smallest absolute Gasteiger partial charge is 0.319 e. The number of para-hydroxylation sites is 1. The highest BCUT2D eigenvalue weighted by atomic mass is 32.2. The topological polar surface area (TPSA) is 74.6 Å². The summed E-state index contributed by atoms with van der Waals surface area (Å²) < 4.78 is 17.1. The van der Waals surface area contributed by atoms with Crippen LogP contribution in [0.1, 0.15) is 11.8 Å². The number of rotatable bonds is 6. The van der Waals surface area contributed by atoms with Crippen LogP contribution < -0.4 is 10.6 Å². The number of hydrogen-bond acceptors (Lipinski definition) is 4. The third kappa shape index (κ3) is 4.67. The maximum atomic E-state index is 12.1. The first-order valence-corrected chi connectivity index (χ1v) is 8.72. The molecule has 2 rings (SSSR count). The van der Waals surface area contributed by atoms with E-state index in [2.05, 4.69) is 10.6 Å². The van der Waals surface area contributed by atoms with Crippen molar-refractivity contribution < 1.29 is 13.4 Å². The SMILES string of the molecule is CN(C)[C@H](CNC(=O)Nc1ccccc1[S@](C)=O)c1ccco1. The van der Waals surface area contributed by atoms with Crippen LogP contribution in [0, 0.1) is 0 Å². The Bertz CT molecular complexity index is 671. The zero-order chi connectivity index (χ0) is 16.8. The molecule has 1 aromatic carbocycles. The lowest BCUT2D eigenvalue weighted by Crippen LogP contribution is -2.36. The second-order valence-electron chi connectivity index (χ2n) is 5.28. The van der Waals surface area contributed by atoms with E-state index < -0.39 is 10.8 Å². The molecule has 2 N–H and O–H groups in total. The van der Waals surface area contributed by atoms with Gasteiger partial charge in [-0.2, -0.15) is 0 Å². The van der Waals surface area contributed by atoms with Gasteiger partial charge in [-0.15, -0.1) is 0 Å². The van der Waals surface area contributed by atoms with E-state index in [1.54, 1.807) is 36.8 Å². The Morgan fingerprint density at radius 3 is 2.61 bits per heavy atom. The van der Waals surface area contributed by atoms with Crippen molar-refractivity contribution in [2.24, 2.45) is 0 Å². The lowest BCUT2D eigenvalue weighted by Gasteiger charge is -2.22. The van der Waals surface area contributed by atoms with E-state index in [9.17, 15) is 9.00 Å². The van der Waals surface area contributed by atoms with Gasteiger partial charge in [0.25, 0.3) is 0 Å². The summed E-state index contributed by atoms with van der Waals surface area (Å²) in [7, 11) is 2.67. The number of amides is 2. The van der Waals surface area contributed by atoms with Gasteiger partial charge in [-0.25, -0.2) is 4.79 Å². The fourth-order valence-corrected chi connectivity index (χ4v) is 2.89. The summed E-state index contributed by atoms with van der Waals surface area (Å²) >= 11 is 0. The van der Waals surface area contributed by atoms with Crippen molar-refractivity contribution in [1.82, 2.24) is 10.2 Å². The molecule has 2 aromatic rings. The molecular formula is C16H21N3O3S. The highest BCUT2D eigenvalue weighted by Crippen LogP contribution is 2.19. The van der Waals surface area contributed by atoms with Gasteiger partial charge >= 0.3 is 6.03 Å². The van der Waals surface area contributed by atoms with Gasteiger partial charge in [-0.3, -0.25) is 9.11 Å². The van der Waals surface area contributed by atoms with E-state index in [1.807, 2.05) is 31.1 Å². The Morgan fingerprint density at radius 2 is 2.00 bits per heavy atom. The molecule has 7 heteroatoms. The molecule has 0 bridgehead atoms. The molecule has 0 aliphatic heterocycles. The first kappa shape index (κ1) is 17.2. The maximum Gasteiger partial charge on any atom is 0.319 e. The maximum absolute atomic E-state index is 12.1. The van der Waals surface area contributed by atoms with Gasteiger partial charge in [0.15, 0.2) is 0 Å². The van der Waals surface area contributed by atoms with Crippen molar-refractivity contribution in [2.75, 3.05) is 32.2 Å². The zero-order valence-electron chi connectivity index (χ0n) is 13.4.